The Balaban J connectivity index is 1.99. The van der Waals surface area contributed by atoms with Crippen LogP contribution < -0.4 is 0 Å². The first-order valence-corrected chi connectivity index (χ1v) is 7.61. The Hall–Kier alpha value is -3.54. The van der Waals surface area contributed by atoms with Crippen LogP contribution in [0.1, 0.15) is 16.7 Å². The third-order valence-corrected chi connectivity index (χ3v) is 3.60. The van der Waals surface area contributed by atoms with Crippen LogP contribution in [0.4, 0.5) is 17.6 Å². The highest BCUT2D eigenvalue weighted by Crippen LogP contribution is 2.33. The van der Waals surface area contributed by atoms with Gasteiger partial charge in [0.15, 0.2) is 5.82 Å². The predicted molar refractivity (Wildman–Crippen MR) is 89.3 cm³/mol. The molecule has 0 amide bonds. The second-order valence-electron chi connectivity index (χ2n) is 5.49. The van der Waals surface area contributed by atoms with E-state index < -0.39 is 18.4 Å². The van der Waals surface area contributed by atoms with Crippen molar-refractivity contribution in [1.82, 2.24) is 19.7 Å². The summed E-state index contributed by atoms with van der Waals surface area (Å²) in [5, 5.41) is 13.3. The first kappa shape index (κ1) is 18.3. The summed E-state index contributed by atoms with van der Waals surface area (Å²) >= 11 is 0. The fourth-order valence-electron chi connectivity index (χ4n) is 2.35. The molecule has 0 aliphatic carbocycles. The highest BCUT2D eigenvalue weighted by atomic mass is 19.4. The topological polar surface area (TPSA) is 67.4 Å². The number of nitriles is 1. The summed E-state index contributed by atoms with van der Waals surface area (Å²) in [6.45, 7) is -1.04. The van der Waals surface area contributed by atoms with Gasteiger partial charge in [0.25, 0.3) is 0 Å². The zero-order chi connectivity index (χ0) is 19.4. The summed E-state index contributed by atoms with van der Waals surface area (Å²) in [5.41, 5.74) is -0.277. The van der Waals surface area contributed by atoms with Crippen LogP contribution in [0, 0.1) is 11.3 Å². The van der Waals surface area contributed by atoms with E-state index in [0.717, 1.165) is 12.1 Å². The van der Waals surface area contributed by atoms with E-state index in [4.69, 9.17) is 0 Å². The summed E-state index contributed by atoms with van der Waals surface area (Å²) in [7, 11) is 0. The molecule has 0 spiro atoms. The van der Waals surface area contributed by atoms with Gasteiger partial charge < -0.3 is 0 Å². The van der Waals surface area contributed by atoms with Crippen LogP contribution >= 0.6 is 0 Å². The Morgan fingerprint density at radius 3 is 2.70 bits per heavy atom. The second kappa shape index (κ2) is 7.37. The number of alkyl halides is 4. The van der Waals surface area contributed by atoms with Crippen LogP contribution in [0.15, 0.2) is 49.1 Å². The third kappa shape index (κ3) is 4.17. The molecular weight excluding hydrogens is 362 g/mol. The minimum Gasteiger partial charge on any atom is -0.264 e. The van der Waals surface area contributed by atoms with Crippen molar-refractivity contribution in [3.05, 3.63) is 65.7 Å². The van der Waals surface area contributed by atoms with Crippen molar-refractivity contribution in [1.29, 1.82) is 5.26 Å². The number of aromatic nitrogens is 4. The van der Waals surface area contributed by atoms with E-state index in [0.29, 0.717) is 5.56 Å². The molecule has 3 rings (SSSR count). The third-order valence-electron chi connectivity index (χ3n) is 3.60. The molecule has 0 bridgehead atoms. The summed E-state index contributed by atoms with van der Waals surface area (Å²) in [6, 6.07) is 8.20. The summed E-state index contributed by atoms with van der Waals surface area (Å²) in [4.78, 5) is 7.88. The smallest absolute Gasteiger partial charge is 0.264 e. The van der Waals surface area contributed by atoms with Gasteiger partial charge in [0.2, 0.25) is 0 Å². The Bertz CT molecular complexity index is 1020. The lowest BCUT2D eigenvalue weighted by Crippen LogP contribution is -2.06. The molecule has 2 heterocycles. The lowest BCUT2D eigenvalue weighted by Gasteiger charge is -2.09. The summed E-state index contributed by atoms with van der Waals surface area (Å²) in [5.74, 6) is -0.0180. The molecule has 27 heavy (non-hydrogen) atoms. The Kier molecular flexibility index (Phi) is 4.98. The molecule has 0 saturated heterocycles. The highest BCUT2D eigenvalue weighted by Gasteiger charge is 2.31. The molecule has 2 aromatic heterocycles. The Labute approximate surface area is 151 Å². The molecule has 136 valence electrons. The van der Waals surface area contributed by atoms with E-state index in [1.165, 1.54) is 29.5 Å². The number of rotatable bonds is 4. The van der Waals surface area contributed by atoms with Crippen molar-refractivity contribution in [2.24, 2.45) is 0 Å². The molecule has 0 N–H and O–H groups in total. The number of hydrogen-bond acceptors (Lipinski definition) is 4. The molecule has 5 nitrogen and oxygen atoms in total. The van der Waals surface area contributed by atoms with Gasteiger partial charge in [0, 0.05) is 29.7 Å². The first-order chi connectivity index (χ1) is 12.9. The van der Waals surface area contributed by atoms with Gasteiger partial charge >= 0.3 is 6.18 Å². The summed E-state index contributed by atoms with van der Waals surface area (Å²) in [6.07, 6.45) is 1.06. The molecule has 9 heteroatoms. The predicted octanol–water partition coefficient (Wildman–Crippen LogP) is 4.35. The van der Waals surface area contributed by atoms with Gasteiger partial charge in [-0.25, -0.2) is 14.1 Å². The van der Waals surface area contributed by atoms with E-state index in [1.807, 2.05) is 6.07 Å². The molecule has 0 unspecified atom stereocenters. The molecular formula is C18H11F4N5. The van der Waals surface area contributed by atoms with Crippen molar-refractivity contribution >= 4 is 11.8 Å². The van der Waals surface area contributed by atoms with E-state index in [1.54, 1.807) is 18.3 Å². The molecule has 0 fully saturated rings. The standard InChI is InChI=1S/C18H11F4N5/c19-7-12-4-14(6-16(5-12)18(20,21)22)17-25-11-27(26-17)10-15(8-23)13-2-1-3-24-9-13/h1-6,9-11H,7H2/b15-10+. The van der Waals surface area contributed by atoms with Gasteiger partial charge in [-0.3, -0.25) is 4.98 Å². The first-order valence-electron chi connectivity index (χ1n) is 7.61. The van der Waals surface area contributed by atoms with Gasteiger partial charge in [0.05, 0.1) is 11.1 Å². The number of halogens is 4. The fourth-order valence-corrected chi connectivity index (χ4v) is 2.35. The van der Waals surface area contributed by atoms with Crippen LogP contribution in [0.5, 0.6) is 0 Å². The molecule has 0 radical (unpaired) electrons. The lowest BCUT2D eigenvalue weighted by atomic mass is 10.1. The van der Waals surface area contributed by atoms with E-state index in [2.05, 4.69) is 15.1 Å². The average molecular weight is 373 g/mol. The summed E-state index contributed by atoms with van der Waals surface area (Å²) < 4.78 is 53.1. The minimum absolute atomic E-state index is 0.0180. The van der Waals surface area contributed by atoms with Gasteiger partial charge in [-0.15, -0.1) is 5.10 Å². The van der Waals surface area contributed by atoms with Crippen LogP contribution in [-0.4, -0.2) is 19.7 Å². The molecule has 0 aliphatic rings. The monoisotopic (exact) mass is 373 g/mol. The largest absolute Gasteiger partial charge is 0.416 e. The van der Waals surface area contributed by atoms with E-state index in [9.17, 15) is 22.8 Å². The molecule has 3 aromatic rings. The van der Waals surface area contributed by atoms with Crippen LogP contribution in [-0.2, 0) is 12.9 Å². The Morgan fingerprint density at radius 1 is 1.26 bits per heavy atom. The molecule has 0 aliphatic heterocycles. The second-order valence-corrected chi connectivity index (χ2v) is 5.49. The Morgan fingerprint density at radius 2 is 2.07 bits per heavy atom. The maximum absolute atomic E-state index is 13.0. The van der Waals surface area contributed by atoms with Gasteiger partial charge in [-0.1, -0.05) is 6.07 Å². The van der Waals surface area contributed by atoms with Crippen LogP contribution in [0.2, 0.25) is 0 Å². The maximum atomic E-state index is 13.0. The fraction of sp³-hybridized carbons (Fsp3) is 0.111. The zero-order valence-corrected chi connectivity index (χ0v) is 13.7. The maximum Gasteiger partial charge on any atom is 0.416 e. The number of hydrogen-bond donors (Lipinski definition) is 0. The zero-order valence-electron chi connectivity index (χ0n) is 13.7. The average Bonchev–Trinajstić information content (AvgIpc) is 3.14. The van der Waals surface area contributed by atoms with Crippen molar-refractivity contribution in [2.45, 2.75) is 12.9 Å². The van der Waals surface area contributed by atoms with Crippen molar-refractivity contribution in [3.63, 3.8) is 0 Å². The van der Waals surface area contributed by atoms with Crippen molar-refractivity contribution < 1.29 is 17.6 Å². The van der Waals surface area contributed by atoms with Crippen molar-refractivity contribution in [2.75, 3.05) is 0 Å². The quantitative estimate of drug-likeness (QED) is 0.504. The van der Waals surface area contributed by atoms with Crippen LogP contribution in [0.3, 0.4) is 0 Å². The van der Waals surface area contributed by atoms with Gasteiger partial charge in [0.1, 0.15) is 19.1 Å². The number of allylic oxidation sites excluding steroid dienone is 1. The number of pyridine rings is 1. The minimum atomic E-state index is -4.61. The van der Waals surface area contributed by atoms with E-state index in [-0.39, 0.29) is 22.5 Å². The van der Waals surface area contributed by atoms with Gasteiger partial charge in [-0.05, 0) is 29.8 Å². The number of benzene rings is 1. The number of nitrogens with zero attached hydrogens (tertiary/aromatic N) is 5. The normalized spacial score (nSPS) is 12.0. The van der Waals surface area contributed by atoms with Crippen LogP contribution in [0.25, 0.3) is 23.2 Å². The molecule has 0 atom stereocenters. The highest BCUT2D eigenvalue weighted by molar-refractivity contribution is 5.84. The molecule has 1 aromatic carbocycles. The van der Waals surface area contributed by atoms with E-state index >= 15 is 0 Å². The SMILES string of the molecule is N#C/C(=C\n1cnc(-c2cc(CF)cc(C(F)(F)F)c2)n1)c1cccnc1. The molecule has 0 saturated carbocycles. The van der Waals surface area contributed by atoms with Crippen molar-refractivity contribution in [3.8, 4) is 17.5 Å². The lowest BCUT2D eigenvalue weighted by molar-refractivity contribution is -0.137. The van der Waals surface area contributed by atoms with Gasteiger partial charge in [-0.2, -0.15) is 18.4 Å².